The van der Waals surface area contributed by atoms with Crippen LogP contribution in [0.25, 0.3) is 11.0 Å². The molecule has 1 saturated heterocycles. The number of aromatic amines is 1. The van der Waals surface area contributed by atoms with Crippen molar-refractivity contribution in [2.24, 2.45) is 0 Å². The number of imidazole rings is 1. The zero-order chi connectivity index (χ0) is 16.2. The van der Waals surface area contributed by atoms with Crippen LogP contribution in [0.4, 0.5) is 0 Å². The molecule has 0 atom stereocenters. The molecule has 0 aliphatic carbocycles. The topological polar surface area (TPSA) is 52.2 Å². The number of nitrogens with zero attached hydrogens (tertiary/aromatic N) is 3. The Bertz CT molecular complexity index is 623. The van der Waals surface area contributed by atoms with Gasteiger partial charge in [-0.05, 0) is 45.5 Å². The second-order valence-corrected chi connectivity index (χ2v) is 6.63. The zero-order valence-corrected chi connectivity index (χ0v) is 14.1. The Morgan fingerprint density at radius 1 is 1.30 bits per heavy atom. The number of para-hydroxylation sites is 2. The van der Waals surface area contributed by atoms with E-state index in [1.165, 1.54) is 0 Å². The van der Waals surface area contributed by atoms with E-state index >= 15 is 0 Å². The lowest BCUT2D eigenvalue weighted by Crippen LogP contribution is -2.44. The third-order valence-electron chi connectivity index (χ3n) is 4.79. The van der Waals surface area contributed by atoms with E-state index in [1.807, 2.05) is 29.2 Å². The van der Waals surface area contributed by atoms with Gasteiger partial charge < -0.3 is 14.8 Å². The van der Waals surface area contributed by atoms with Gasteiger partial charge in [0, 0.05) is 32.0 Å². The summed E-state index contributed by atoms with van der Waals surface area (Å²) < 4.78 is 0. The second kappa shape index (κ2) is 7.13. The third-order valence-corrected chi connectivity index (χ3v) is 4.79. The smallest absolute Gasteiger partial charge is 0.222 e. The van der Waals surface area contributed by atoms with Crippen molar-refractivity contribution < 1.29 is 4.79 Å². The van der Waals surface area contributed by atoms with Crippen LogP contribution in [0, 0.1) is 0 Å². The number of rotatable bonds is 5. The normalized spacial score (nSPS) is 16.4. The Morgan fingerprint density at radius 2 is 2.04 bits per heavy atom. The van der Waals surface area contributed by atoms with Gasteiger partial charge in [-0.1, -0.05) is 12.1 Å². The van der Waals surface area contributed by atoms with E-state index in [9.17, 15) is 4.79 Å². The van der Waals surface area contributed by atoms with E-state index in [-0.39, 0.29) is 0 Å². The highest BCUT2D eigenvalue weighted by Crippen LogP contribution is 2.16. The molecular weight excluding hydrogens is 288 g/mol. The van der Waals surface area contributed by atoms with Crippen molar-refractivity contribution in [3.05, 3.63) is 30.1 Å². The fourth-order valence-corrected chi connectivity index (χ4v) is 3.32. The lowest BCUT2D eigenvalue weighted by Gasteiger charge is -2.35. The molecular formula is C18H26N4O. The maximum Gasteiger partial charge on any atom is 0.222 e. The van der Waals surface area contributed by atoms with Crippen molar-refractivity contribution in [2.75, 3.05) is 27.2 Å². The highest BCUT2D eigenvalue weighted by Gasteiger charge is 2.23. The Hall–Kier alpha value is -1.88. The number of H-pyrrole nitrogens is 1. The van der Waals surface area contributed by atoms with Crippen molar-refractivity contribution in [1.29, 1.82) is 0 Å². The average molecular weight is 314 g/mol. The van der Waals surface area contributed by atoms with Gasteiger partial charge in [-0.25, -0.2) is 4.98 Å². The van der Waals surface area contributed by atoms with E-state index in [4.69, 9.17) is 0 Å². The fourth-order valence-electron chi connectivity index (χ4n) is 3.32. The summed E-state index contributed by atoms with van der Waals surface area (Å²) in [5.41, 5.74) is 2.07. The number of fused-ring (bicyclic) bond motifs is 1. The molecule has 1 fully saturated rings. The van der Waals surface area contributed by atoms with Crippen molar-refractivity contribution in [3.8, 4) is 0 Å². The van der Waals surface area contributed by atoms with Crippen LogP contribution in [-0.4, -0.2) is 58.9 Å². The van der Waals surface area contributed by atoms with E-state index < -0.39 is 0 Å². The maximum absolute atomic E-state index is 12.3. The molecule has 1 aliphatic heterocycles. The molecule has 0 unspecified atom stereocenters. The molecule has 1 aromatic carbocycles. The van der Waals surface area contributed by atoms with Gasteiger partial charge in [0.25, 0.3) is 0 Å². The maximum atomic E-state index is 12.3. The second-order valence-electron chi connectivity index (χ2n) is 6.63. The van der Waals surface area contributed by atoms with Crippen LogP contribution in [0.1, 0.15) is 31.5 Å². The molecule has 124 valence electrons. The van der Waals surface area contributed by atoms with Gasteiger partial charge in [-0.2, -0.15) is 0 Å². The number of benzene rings is 1. The van der Waals surface area contributed by atoms with Gasteiger partial charge in [-0.3, -0.25) is 4.79 Å². The number of aromatic nitrogens is 2. The van der Waals surface area contributed by atoms with Crippen LogP contribution < -0.4 is 0 Å². The number of aryl methyl sites for hydroxylation is 1. The minimum Gasteiger partial charge on any atom is -0.343 e. The monoisotopic (exact) mass is 314 g/mol. The number of hydrogen-bond donors (Lipinski definition) is 1. The van der Waals surface area contributed by atoms with Crippen molar-refractivity contribution in [1.82, 2.24) is 19.8 Å². The summed E-state index contributed by atoms with van der Waals surface area (Å²) in [7, 11) is 4.24. The predicted octanol–water partition coefficient (Wildman–Crippen LogP) is 2.44. The van der Waals surface area contributed by atoms with Gasteiger partial charge in [0.1, 0.15) is 5.82 Å². The minimum absolute atomic E-state index is 0.290. The molecule has 2 heterocycles. The summed E-state index contributed by atoms with van der Waals surface area (Å²) in [6.45, 7) is 1.79. The number of nitrogens with one attached hydrogen (secondary N) is 1. The Balaban J connectivity index is 1.44. The van der Waals surface area contributed by atoms with Gasteiger partial charge in [-0.15, -0.1) is 0 Å². The molecule has 3 rings (SSSR count). The van der Waals surface area contributed by atoms with Crippen molar-refractivity contribution in [3.63, 3.8) is 0 Å². The summed E-state index contributed by atoms with van der Waals surface area (Å²) in [6.07, 6.45) is 4.47. The summed E-state index contributed by atoms with van der Waals surface area (Å²) in [5.74, 6) is 1.27. The van der Waals surface area contributed by atoms with Crippen LogP contribution in [0.3, 0.4) is 0 Å². The van der Waals surface area contributed by atoms with Gasteiger partial charge >= 0.3 is 0 Å². The molecule has 5 heteroatoms. The Labute approximate surface area is 137 Å². The first-order chi connectivity index (χ1) is 11.1. The Kier molecular flexibility index (Phi) is 4.96. The highest BCUT2D eigenvalue weighted by molar-refractivity contribution is 5.76. The first-order valence-corrected chi connectivity index (χ1v) is 8.51. The lowest BCUT2D eigenvalue weighted by atomic mass is 10.0. The summed E-state index contributed by atoms with van der Waals surface area (Å²) in [4.78, 5) is 24.5. The molecule has 1 aliphatic rings. The van der Waals surface area contributed by atoms with Crippen LogP contribution in [0.5, 0.6) is 0 Å². The van der Waals surface area contributed by atoms with Crippen LogP contribution >= 0.6 is 0 Å². The molecule has 1 aromatic heterocycles. The number of amides is 1. The van der Waals surface area contributed by atoms with Crippen molar-refractivity contribution in [2.45, 2.75) is 38.1 Å². The molecule has 0 bridgehead atoms. The van der Waals surface area contributed by atoms with E-state index in [1.54, 1.807) is 0 Å². The van der Waals surface area contributed by atoms with E-state index in [2.05, 4.69) is 29.0 Å². The van der Waals surface area contributed by atoms with Crippen LogP contribution in [0.15, 0.2) is 24.3 Å². The minimum atomic E-state index is 0.290. The fraction of sp³-hybridized carbons (Fsp3) is 0.556. The third kappa shape index (κ3) is 3.91. The number of carbonyl (C=O) groups is 1. The summed E-state index contributed by atoms with van der Waals surface area (Å²) in [6, 6.07) is 8.66. The molecule has 0 spiro atoms. The average Bonchev–Trinajstić information content (AvgIpc) is 2.97. The molecule has 2 aromatic rings. The molecule has 5 nitrogen and oxygen atoms in total. The van der Waals surface area contributed by atoms with Gasteiger partial charge in [0.2, 0.25) is 5.91 Å². The van der Waals surface area contributed by atoms with E-state index in [0.717, 1.165) is 55.6 Å². The van der Waals surface area contributed by atoms with Crippen molar-refractivity contribution >= 4 is 16.9 Å². The van der Waals surface area contributed by atoms with E-state index in [0.29, 0.717) is 18.4 Å². The highest BCUT2D eigenvalue weighted by atomic mass is 16.2. The summed E-state index contributed by atoms with van der Waals surface area (Å²) >= 11 is 0. The quantitative estimate of drug-likeness (QED) is 0.922. The first-order valence-electron chi connectivity index (χ1n) is 8.51. The summed E-state index contributed by atoms with van der Waals surface area (Å²) in [5, 5.41) is 0. The lowest BCUT2D eigenvalue weighted by molar-refractivity contribution is -0.132. The number of hydrogen-bond acceptors (Lipinski definition) is 3. The molecule has 1 amide bonds. The first kappa shape index (κ1) is 16.0. The predicted molar refractivity (Wildman–Crippen MR) is 92.3 cm³/mol. The molecule has 0 radical (unpaired) electrons. The SMILES string of the molecule is CN(C)C1CCN(C(=O)CCCc2nc3ccccc3[nH]2)CC1. The zero-order valence-electron chi connectivity index (χ0n) is 14.1. The Morgan fingerprint density at radius 3 is 2.74 bits per heavy atom. The largest absolute Gasteiger partial charge is 0.343 e. The number of carbonyl (C=O) groups excluding carboxylic acids is 1. The number of likely N-dealkylation sites (tertiary alicyclic amines) is 1. The van der Waals surface area contributed by atoms with Gasteiger partial charge in [0.15, 0.2) is 0 Å². The standard InChI is InChI=1S/C18H26N4O/c1-21(2)14-10-12-22(13-11-14)18(23)9-5-8-17-19-15-6-3-4-7-16(15)20-17/h3-4,6-7,14H,5,8-13H2,1-2H3,(H,19,20). The van der Waals surface area contributed by atoms with Gasteiger partial charge in [0.05, 0.1) is 11.0 Å². The number of piperidine rings is 1. The molecule has 23 heavy (non-hydrogen) atoms. The molecule has 0 saturated carbocycles. The van der Waals surface area contributed by atoms with Crippen LogP contribution in [-0.2, 0) is 11.2 Å². The van der Waals surface area contributed by atoms with Crippen LogP contribution in [0.2, 0.25) is 0 Å². The molecule has 1 N–H and O–H groups in total.